The van der Waals surface area contributed by atoms with Crippen molar-refractivity contribution < 1.29 is 27.1 Å². The van der Waals surface area contributed by atoms with E-state index in [1.807, 2.05) is 6.07 Å². The van der Waals surface area contributed by atoms with E-state index in [0.717, 1.165) is 17.7 Å². The van der Waals surface area contributed by atoms with Crippen LogP contribution >= 0.6 is 11.3 Å². The molecule has 1 N–H and O–H groups in total. The molecule has 4 nitrogen and oxygen atoms in total. The highest BCUT2D eigenvalue weighted by molar-refractivity contribution is 7.13. The van der Waals surface area contributed by atoms with Crippen LogP contribution in [0.3, 0.4) is 0 Å². The summed E-state index contributed by atoms with van der Waals surface area (Å²) in [5.74, 6) is -0.303. The van der Waals surface area contributed by atoms with E-state index < -0.39 is 23.5 Å². The van der Waals surface area contributed by atoms with Gasteiger partial charge in [-0.3, -0.25) is 4.79 Å². The number of benzene rings is 3. The summed E-state index contributed by atoms with van der Waals surface area (Å²) in [6, 6.07) is 17.2. The summed E-state index contributed by atoms with van der Waals surface area (Å²) in [6.45, 7) is 0.102. The second-order valence-corrected chi connectivity index (χ2v) is 7.87. The summed E-state index contributed by atoms with van der Waals surface area (Å²) in [5, 5.41) is 4.87. The van der Waals surface area contributed by atoms with Crippen LogP contribution < -0.4 is 10.1 Å². The van der Waals surface area contributed by atoms with Crippen LogP contribution in [0.25, 0.3) is 10.6 Å². The minimum atomic E-state index is -4.38. The minimum absolute atomic E-state index is 0.102. The molecule has 0 saturated carbocycles. The Kier molecular flexibility index (Phi) is 6.41. The van der Waals surface area contributed by atoms with E-state index >= 15 is 0 Å². The van der Waals surface area contributed by atoms with Gasteiger partial charge in [-0.15, -0.1) is 11.3 Å². The molecule has 9 heteroatoms. The SMILES string of the molecule is O=C(Nc1ccc(F)cc1)c1csc(-c2cccc(OCc3ccc(C(F)(F)F)cc3)c2)n1. The van der Waals surface area contributed by atoms with Gasteiger partial charge >= 0.3 is 6.18 Å². The summed E-state index contributed by atoms with van der Waals surface area (Å²) < 4.78 is 56.7. The zero-order valence-corrected chi connectivity index (χ0v) is 17.7. The number of hydrogen-bond acceptors (Lipinski definition) is 4. The number of carbonyl (C=O) groups excluding carboxylic acids is 1. The number of carbonyl (C=O) groups is 1. The van der Waals surface area contributed by atoms with Gasteiger partial charge in [0.05, 0.1) is 5.56 Å². The Labute approximate surface area is 190 Å². The third-order valence-electron chi connectivity index (χ3n) is 4.61. The number of nitrogens with one attached hydrogen (secondary N) is 1. The molecule has 1 aromatic heterocycles. The van der Waals surface area contributed by atoms with Gasteiger partial charge in [0.15, 0.2) is 0 Å². The zero-order chi connectivity index (χ0) is 23.4. The summed E-state index contributed by atoms with van der Waals surface area (Å²) in [6.07, 6.45) is -4.38. The average molecular weight is 472 g/mol. The van der Waals surface area contributed by atoms with Crippen LogP contribution in [0.15, 0.2) is 78.2 Å². The van der Waals surface area contributed by atoms with Gasteiger partial charge in [-0.1, -0.05) is 24.3 Å². The topological polar surface area (TPSA) is 51.2 Å². The van der Waals surface area contributed by atoms with Crippen molar-refractivity contribution in [2.24, 2.45) is 0 Å². The maximum Gasteiger partial charge on any atom is 0.416 e. The first-order chi connectivity index (χ1) is 15.8. The smallest absolute Gasteiger partial charge is 0.416 e. The van der Waals surface area contributed by atoms with Crippen molar-refractivity contribution in [3.63, 3.8) is 0 Å². The van der Waals surface area contributed by atoms with Crippen molar-refractivity contribution >= 4 is 22.9 Å². The predicted molar refractivity (Wildman–Crippen MR) is 118 cm³/mol. The molecule has 0 atom stereocenters. The molecule has 0 aliphatic heterocycles. The molecule has 0 aliphatic carbocycles. The third kappa shape index (κ3) is 5.75. The van der Waals surface area contributed by atoms with E-state index in [9.17, 15) is 22.4 Å². The van der Waals surface area contributed by atoms with E-state index in [0.29, 0.717) is 22.0 Å². The number of amides is 1. The molecule has 0 saturated heterocycles. The lowest BCUT2D eigenvalue weighted by Crippen LogP contribution is -2.12. The van der Waals surface area contributed by atoms with Gasteiger partial charge in [0, 0.05) is 16.6 Å². The Morgan fingerprint density at radius 1 is 1.00 bits per heavy atom. The van der Waals surface area contributed by atoms with Crippen LogP contribution in [-0.2, 0) is 12.8 Å². The van der Waals surface area contributed by atoms with Gasteiger partial charge in [0.25, 0.3) is 5.91 Å². The number of aromatic nitrogens is 1. The minimum Gasteiger partial charge on any atom is -0.489 e. The van der Waals surface area contributed by atoms with Crippen molar-refractivity contribution in [1.29, 1.82) is 0 Å². The molecule has 4 aromatic rings. The van der Waals surface area contributed by atoms with E-state index in [-0.39, 0.29) is 12.3 Å². The molecule has 0 fully saturated rings. The molecule has 0 radical (unpaired) electrons. The van der Waals surface area contributed by atoms with Crippen molar-refractivity contribution in [2.45, 2.75) is 12.8 Å². The number of alkyl halides is 3. The van der Waals surface area contributed by atoms with Crippen molar-refractivity contribution in [3.8, 4) is 16.3 Å². The maximum absolute atomic E-state index is 13.0. The normalized spacial score (nSPS) is 11.3. The van der Waals surface area contributed by atoms with Crippen LogP contribution in [0.4, 0.5) is 23.2 Å². The lowest BCUT2D eigenvalue weighted by Gasteiger charge is -2.09. The van der Waals surface area contributed by atoms with Crippen molar-refractivity contribution in [3.05, 3.63) is 101 Å². The lowest BCUT2D eigenvalue weighted by atomic mass is 10.1. The maximum atomic E-state index is 13.0. The van der Waals surface area contributed by atoms with Crippen LogP contribution in [-0.4, -0.2) is 10.9 Å². The lowest BCUT2D eigenvalue weighted by molar-refractivity contribution is -0.137. The summed E-state index contributed by atoms with van der Waals surface area (Å²) in [5.41, 5.74) is 1.29. The van der Waals surface area contributed by atoms with Crippen molar-refractivity contribution in [1.82, 2.24) is 4.98 Å². The van der Waals surface area contributed by atoms with Gasteiger partial charge in [-0.05, 0) is 54.1 Å². The van der Waals surface area contributed by atoms with E-state index in [4.69, 9.17) is 4.74 Å². The van der Waals surface area contributed by atoms with E-state index in [1.54, 1.807) is 23.6 Å². The second kappa shape index (κ2) is 9.41. The fourth-order valence-electron chi connectivity index (χ4n) is 2.91. The number of nitrogens with zero attached hydrogens (tertiary/aromatic N) is 1. The number of thiazole rings is 1. The first kappa shape index (κ1) is 22.5. The molecule has 3 aromatic carbocycles. The van der Waals surface area contributed by atoms with Gasteiger partial charge in [0.1, 0.15) is 28.9 Å². The van der Waals surface area contributed by atoms with Crippen molar-refractivity contribution in [2.75, 3.05) is 5.32 Å². The molecular weight excluding hydrogens is 456 g/mol. The fourth-order valence-corrected chi connectivity index (χ4v) is 3.71. The second-order valence-electron chi connectivity index (χ2n) is 7.01. The zero-order valence-electron chi connectivity index (χ0n) is 16.9. The number of rotatable bonds is 6. The molecule has 1 amide bonds. The Hall–Kier alpha value is -3.72. The Bertz CT molecular complexity index is 1250. The van der Waals surface area contributed by atoms with Crippen LogP contribution in [0, 0.1) is 5.82 Å². The predicted octanol–water partition coefficient (Wildman–Crippen LogP) is 6.80. The summed E-state index contributed by atoms with van der Waals surface area (Å²) in [4.78, 5) is 16.8. The highest BCUT2D eigenvalue weighted by Crippen LogP contribution is 2.30. The molecule has 0 bridgehead atoms. The van der Waals surface area contributed by atoms with E-state index in [2.05, 4.69) is 10.3 Å². The standard InChI is InChI=1S/C24H16F4N2O2S/c25-18-8-10-19(11-9-18)29-22(31)21-14-33-23(30-21)16-2-1-3-20(12-16)32-13-15-4-6-17(7-5-15)24(26,27)28/h1-12,14H,13H2,(H,29,31). The van der Waals surface area contributed by atoms with Gasteiger partial charge in [0.2, 0.25) is 0 Å². The first-order valence-corrected chi connectivity index (χ1v) is 10.6. The van der Waals surface area contributed by atoms with Crippen LogP contribution in [0.1, 0.15) is 21.6 Å². The quantitative estimate of drug-likeness (QED) is 0.314. The number of anilines is 1. The molecule has 33 heavy (non-hydrogen) atoms. The largest absolute Gasteiger partial charge is 0.489 e. The Morgan fingerprint density at radius 3 is 2.42 bits per heavy atom. The molecule has 1 heterocycles. The number of halogens is 4. The molecular formula is C24H16F4N2O2S. The molecule has 4 rings (SSSR count). The van der Waals surface area contributed by atoms with E-state index in [1.165, 1.54) is 47.7 Å². The summed E-state index contributed by atoms with van der Waals surface area (Å²) >= 11 is 1.28. The highest BCUT2D eigenvalue weighted by Gasteiger charge is 2.29. The van der Waals surface area contributed by atoms with Gasteiger partial charge in [-0.25, -0.2) is 9.37 Å². The number of ether oxygens (including phenoxy) is 1. The van der Waals surface area contributed by atoms with Gasteiger partial charge in [-0.2, -0.15) is 13.2 Å². The Morgan fingerprint density at radius 2 is 1.73 bits per heavy atom. The first-order valence-electron chi connectivity index (χ1n) is 9.70. The summed E-state index contributed by atoms with van der Waals surface area (Å²) in [7, 11) is 0. The highest BCUT2D eigenvalue weighted by atomic mass is 32.1. The fraction of sp³-hybridized carbons (Fsp3) is 0.0833. The average Bonchev–Trinajstić information content (AvgIpc) is 3.30. The van der Waals surface area contributed by atoms with Crippen LogP contribution in [0.2, 0.25) is 0 Å². The molecule has 168 valence electrons. The van der Waals surface area contributed by atoms with Gasteiger partial charge < -0.3 is 10.1 Å². The third-order valence-corrected chi connectivity index (χ3v) is 5.50. The molecule has 0 spiro atoms. The Balaban J connectivity index is 1.41. The number of hydrogen-bond donors (Lipinski definition) is 1. The van der Waals surface area contributed by atoms with Crippen LogP contribution in [0.5, 0.6) is 5.75 Å². The monoisotopic (exact) mass is 472 g/mol. The molecule has 0 unspecified atom stereocenters. The molecule has 0 aliphatic rings.